The first-order chi connectivity index (χ1) is 27.9. The number of hydrogen-bond acceptors (Lipinski definition) is 6. The number of rotatable bonds is 15. The Morgan fingerprint density at radius 3 is 2.39 bits per heavy atom. The molecule has 1 saturated heterocycles. The number of Topliss-reactive ketones (excluding diaryl/α,β-unsaturated/α-hetero) is 1. The zero-order valence-corrected chi connectivity index (χ0v) is 37.5. The van der Waals surface area contributed by atoms with E-state index < -0.39 is 17.9 Å². The number of allylic oxidation sites excluding steroid dienone is 2. The van der Waals surface area contributed by atoms with Crippen LogP contribution in [0.4, 0.5) is 0 Å². The summed E-state index contributed by atoms with van der Waals surface area (Å²) in [5.74, 6) is -2.30. The fraction of sp³-hybridized carbons (Fsp3) is 0.479. The number of esters is 2. The number of unbranched alkanes of at least 4 members (excludes halogenated alkanes) is 1. The Balaban J connectivity index is 0.00000661. The maximum Gasteiger partial charge on any atom is 2.00 e. The van der Waals surface area contributed by atoms with Gasteiger partial charge in [-0.05, 0) is 81.1 Å². The Morgan fingerprint density at radius 2 is 1.71 bits per heavy atom. The summed E-state index contributed by atoms with van der Waals surface area (Å²) in [7, 11) is 1.28. The van der Waals surface area contributed by atoms with E-state index in [0.717, 1.165) is 47.4 Å². The first-order valence-corrected chi connectivity index (χ1v) is 20.9. The van der Waals surface area contributed by atoms with Crippen LogP contribution in [-0.4, -0.2) is 65.6 Å². The Morgan fingerprint density at radius 1 is 0.983 bits per heavy atom. The molecule has 0 aromatic carbocycles. The van der Waals surface area contributed by atoms with Crippen LogP contribution in [0.1, 0.15) is 136 Å². The Bertz CT molecular complexity index is 2410. The van der Waals surface area contributed by atoms with Crippen molar-refractivity contribution in [3.8, 4) is 0 Å². The smallest absolute Gasteiger partial charge is 0.681 e. The second-order valence-corrected chi connectivity index (χ2v) is 16.3. The van der Waals surface area contributed by atoms with Crippen LogP contribution in [0.3, 0.4) is 0 Å². The van der Waals surface area contributed by atoms with Crippen molar-refractivity contribution in [2.75, 3.05) is 13.7 Å². The van der Waals surface area contributed by atoms with Crippen LogP contribution in [0.2, 0.25) is 0 Å². The molecule has 0 radical (unpaired) electrons. The van der Waals surface area contributed by atoms with Crippen molar-refractivity contribution < 1.29 is 29.0 Å². The number of aromatic nitrogens is 3. The number of aliphatic hydroxyl groups is 1. The van der Waals surface area contributed by atoms with Gasteiger partial charge in [-0.2, -0.15) is 5.70 Å². The minimum absolute atomic E-state index is 0. The van der Waals surface area contributed by atoms with Crippen LogP contribution in [0.25, 0.3) is 41.5 Å². The summed E-state index contributed by atoms with van der Waals surface area (Å²) < 4.78 is 11.0. The van der Waals surface area contributed by atoms with E-state index in [1.54, 1.807) is 6.08 Å². The Labute approximate surface area is 364 Å². The molecular formula is C48H58MgN4O6-2. The summed E-state index contributed by atoms with van der Waals surface area (Å²) in [6, 6.07) is -0.647. The van der Waals surface area contributed by atoms with Gasteiger partial charge < -0.3 is 34.8 Å². The average Bonchev–Trinajstić information content (AvgIpc) is 3.96. The summed E-state index contributed by atoms with van der Waals surface area (Å²) >= 11 is 0. The topological polar surface area (TPSA) is 146 Å². The first kappa shape index (κ1) is 45.6. The second-order valence-electron chi connectivity index (χ2n) is 16.3. The Hall–Kier alpha value is -4.48. The van der Waals surface area contributed by atoms with E-state index in [1.807, 2.05) is 45.1 Å². The number of ketones is 1. The molecule has 0 spiro atoms. The molecule has 310 valence electrons. The van der Waals surface area contributed by atoms with Gasteiger partial charge in [0.05, 0.1) is 13.4 Å². The number of methoxy groups -OCH3 is 1. The van der Waals surface area contributed by atoms with Gasteiger partial charge in [0.25, 0.3) is 0 Å². The molecule has 3 aromatic heterocycles. The predicted octanol–water partition coefficient (Wildman–Crippen LogP) is 5.72. The summed E-state index contributed by atoms with van der Waals surface area (Å²) in [5.41, 5.74) is 7.96. The minimum Gasteiger partial charge on any atom is -0.681 e. The van der Waals surface area contributed by atoms with Gasteiger partial charge in [-0.1, -0.05) is 118 Å². The maximum atomic E-state index is 14.3. The molecule has 8 bridgehead atoms. The summed E-state index contributed by atoms with van der Waals surface area (Å²) in [5, 5.41) is 17.8. The number of carbonyl (C=O) groups is 3. The van der Waals surface area contributed by atoms with Gasteiger partial charge in [-0.3, -0.25) is 14.4 Å². The van der Waals surface area contributed by atoms with E-state index in [9.17, 15) is 19.5 Å². The normalized spacial score (nSPS) is 22.3. The van der Waals surface area contributed by atoms with Crippen molar-refractivity contribution in [3.05, 3.63) is 95.4 Å². The second kappa shape index (κ2) is 19.7. The van der Waals surface area contributed by atoms with Crippen LogP contribution in [0.5, 0.6) is 0 Å². The number of carbonyl (C=O) groups excluding carboxylic acids is 3. The van der Waals surface area contributed by atoms with Crippen LogP contribution in [-0.2, 0) is 25.5 Å². The third kappa shape index (κ3) is 9.16. The number of aliphatic hydroxyl groups excluding tert-OH is 1. The quantitative estimate of drug-likeness (QED) is 0.0882. The van der Waals surface area contributed by atoms with E-state index in [2.05, 4.69) is 34.3 Å². The molecule has 10 nitrogen and oxygen atoms in total. The summed E-state index contributed by atoms with van der Waals surface area (Å²) in [6.45, 7) is 18.8. The summed E-state index contributed by atoms with van der Waals surface area (Å²) in [4.78, 5) is 56.1. The fourth-order valence-electron chi connectivity index (χ4n) is 9.01. The molecule has 59 heavy (non-hydrogen) atoms. The van der Waals surface area contributed by atoms with Gasteiger partial charge in [-0.25, -0.2) is 0 Å². The molecule has 3 aromatic rings. The first-order valence-electron chi connectivity index (χ1n) is 20.9. The molecule has 2 aliphatic heterocycles. The molecule has 1 aliphatic carbocycles. The zero-order chi connectivity index (χ0) is 41.8. The SMILES string of the molecule is C=Cc1c2[n-]c(c1C)/C=C1/[N-]C(C3=c4[n-]/c(c(C)c4C(=O)[C@@H]3C(=O)OC)=C\c3[n-]c(/c(=C\O)c3CC)=C\2)[C@@H](CCC(=O)OC/C=C(\C)CCC[C@H](C)CCCC)[C@@H]1C.[Mg+2]. The molecule has 11 heteroatoms. The molecule has 0 saturated carbocycles. The average molecular weight is 811 g/mol. The third-order valence-corrected chi connectivity index (χ3v) is 12.5. The summed E-state index contributed by atoms with van der Waals surface area (Å²) in [6.07, 6.45) is 18.7. The van der Waals surface area contributed by atoms with Gasteiger partial charge in [0.2, 0.25) is 0 Å². The third-order valence-electron chi connectivity index (χ3n) is 12.5. The predicted molar refractivity (Wildman–Crippen MR) is 234 cm³/mol. The van der Waals surface area contributed by atoms with Gasteiger partial charge in [0.15, 0.2) is 5.78 Å². The largest absolute Gasteiger partial charge is 2.00 e. The van der Waals surface area contributed by atoms with Gasteiger partial charge in [-0.15, -0.1) is 33.1 Å². The van der Waals surface area contributed by atoms with Gasteiger partial charge >= 0.3 is 35.0 Å². The van der Waals surface area contributed by atoms with E-state index in [-0.39, 0.29) is 59.7 Å². The van der Waals surface area contributed by atoms with E-state index >= 15 is 0 Å². The maximum absolute atomic E-state index is 14.3. The van der Waals surface area contributed by atoms with Gasteiger partial charge in [0.1, 0.15) is 12.5 Å². The van der Waals surface area contributed by atoms with Crippen LogP contribution in [0.15, 0.2) is 23.9 Å². The van der Waals surface area contributed by atoms with Crippen molar-refractivity contribution in [2.45, 2.75) is 112 Å². The number of fused-ring (bicyclic) bond motifs is 8. The van der Waals surface area contributed by atoms with E-state index in [4.69, 9.17) is 29.7 Å². The molecule has 5 heterocycles. The molecule has 6 rings (SSSR count). The van der Waals surface area contributed by atoms with Crippen LogP contribution in [0, 0.1) is 37.5 Å². The fourth-order valence-corrected chi connectivity index (χ4v) is 9.01. The molecule has 0 amide bonds. The molecule has 1 unspecified atom stereocenters. The van der Waals surface area contributed by atoms with E-state index in [1.165, 1.54) is 38.4 Å². The number of ether oxygens (including phenoxy) is 2. The van der Waals surface area contributed by atoms with Gasteiger partial charge in [0, 0.05) is 12.0 Å². The molecular weight excluding hydrogens is 753 g/mol. The van der Waals surface area contributed by atoms with Crippen LogP contribution >= 0.6 is 0 Å². The monoisotopic (exact) mass is 810 g/mol. The van der Waals surface area contributed by atoms with Crippen molar-refractivity contribution in [3.63, 3.8) is 0 Å². The Kier molecular flexibility index (Phi) is 15.2. The molecule has 3 aliphatic rings. The molecule has 1 fully saturated rings. The molecule has 5 atom stereocenters. The minimum atomic E-state index is -1.22. The zero-order valence-electron chi connectivity index (χ0n) is 36.1. The van der Waals surface area contributed by atoms with Crippen LogP contribution < -0.4 is 36.2 Å². The van der Waals surface area contributed by atoms with Crippen molar-refractivity contribution >= 4 is 76.9 Å². The van der Waals surface area contributed by atoms with E-state index in [0.29, 0.717) is 67.9 Å². The molecule has 1 N–H and O–H groups in total. The standard InChI is InChI=1S/C48H58N4O6.Mg/c1-10-13-15-26(4)16-14-17-27(5)20-21-58-41(54)19-18-33-29(7)36-22-35-28(6)31(11-2)38(49-35)24-40-34(25-53)32(12-3)39(50-40)23-37-30(8)42-46(52-37)43(45(33)51-36)44(47(42)55)48(56)57-9;/h11,20,22-26,29,33,44-45H,2,10,12-19,21H2,1,3-9H3,(H,53,55);/q-4;+2/b27-20+,36-22+,40-24-;/t26-,29+,33+,44-,45?;/m1./s1. The van der Waals surface area contributed by atoms with Crippen molar-refractivity contribution in [1.82, 2.24) is 15.0 Å². The van der Waals surface area contributed by atoms with Crippen molar-refractivity contribution in [1.29, 1.82) is 0 Å². The number of nitrogens with zero attached hydrogens (tertiary/aromatic N) is 4. The number of hydrogen-bond donors (Lipinski definition) is 1. The van der Waals surface area contributed by atoms with Crippen molar-refractivity contribution in [2.24, 2.45) is 23.7 Å².